The Bertz CT molecular complexity index is 1140. The van der Waals surface area contributed by atoms with Crippen molar-refractivity contribution in [3.63, 3.8) is 0 Å². The molecule has 1 aliphatic heterocycles. The number of thioether (sulfide) groups is 1. The maximum atomic E-state index is 14.8. The lowest BCUT2D eigenvalue weighted by molar-refractivity contribution is -0.149. The third-order valence-corrected chi connectivity index (χ3v) is 8.47. The van der Waals surface area contributed by atoms with Crippen LogP contribution in [0.4, 0.5) is 10.2 Å². The number of halogens is 2. The Morgan fingerprint density at radius 2 is 2.03 bits per heavy atom. The average Bonchev–Trinajstić information content (AvgIpc) is 3.14. The predicted molar refractivity (Wildman–Crippen MR) is 135 cm³/mol. The number of carbonyl (C=O) groups excluding carboxylic acids is 1. The number of nitrogens with two attached hydrogens (primary N) is 1. The molecule has 10 nitrogen and oxygen atoms in total. The summed E-state index contributed by atoms with van der Waals surface area (Å²) in [6, 6.07) is 6.96. The van der Waals surface area contributed by atoms with Crippen LogP contribution >= 0.6 is 35.4 Å². The molecule has 1 fully saturated rings. The van der Waals surface area contributed by atoms with Crippen molar-refractivity contribution in [1.29, 1.82) is 0 Å². The van der Waals surface area contributed by atoms with Crippen molar-refractivity contribution >= 4 is 47.2 Å². The van der Waals surface area contributed by atoms with Crippen molar-refractivity contribution in [3.05, 3.63) is 51.5 Å². The molecule has 14 heteroatoms. The van der Waals surface area contributed by atoms with E-state index in [0.29, 0.717) is 0 Å². The van der Waals surface area contributed by atoms with Crippen molar-refractivity contribution in [2.45, 2.75) is 56.1 Å². The molecule has 0 aliphatic carbocycles. The van der Waals surface area contributed by atoms with Crippen LogP contribution in [-0.4, -0.2) is 45.7 Å². The number of carbonyl (C=O) groups is 1. The molecule has 0 bridgehead atoms. The SMILES string of the molecule is CC(C)OC(=O)[C@H](C)NP(=O)(OC[C@@H]1C[C@H](F)[C@H](n2ccc(N)nc2=O)S1)Oc1ccc(Br)cc1. The van der Waals surface area contributed by atoms with Gasteiger partial charge in [-0.3, -0.25) is 13.9 Å². The highest BCUT2D eigenvalue weighted by molar-refractivity contribution is 9.10. The van der Waals surface area contributed by atoms with Crippen LogP contribution in [0.2, 0.25) is 0 Å². The number of nitrogens with zero attached hydrogens (tertiary/aromatic N) is 2. The number of hydrogen-bond acceptors (Lipinski definition) is 9. The second-order valence-electron chi connectivity index (χ2n) is 8.12. The summed E-state index contributed by atoms with van der Waals surface area (Å²) < 4.78 is 46.8. The number of aromatic nitrogens is 2. The van der Waals surface area contributed by atoms with E-state index in [1.165, 1.54) is 23.8 Å². The van der Waals surface area contributed by atoms with Crippen molar-refractivity contribution < 1.29 is 27.5 Å². The number of hydrogen-bond donors (Lipinski definition) is 2. The number of benzene rings is 1. The molecule has 1 aliphatic rings. The molecular formula is C21H27BrFN4O6PS. The van der Waals surface area contributed by atoms with Gasteiger partial charge in [-0.15, -0.1) is 11.8 Å². The summed E-state index contributed by atoms with van der Waals surface area (Å²) in [5, 5.41) is 1.32. The molecular weight excluding hydrogens is 566 g/mol. The molecule has 1 unspecified atom stereocenters. The molecule has 0 saturated carbocycles. The molecule has 3 rings (SSSR count). The Hall–Kier alpha value is -1.92. The third-order valence-electron chi connectivity index (χ3n) is 4.78. The summed E-state index contributed by atoms with van der Waals surface area (Å²) >= 11 is 4.47. The molecule has 1 aromatic carbocycles. The highest BCUT2D eigenvalue weighted by atomic mass is 79.9. The Morgan fingerprint density at radius 3 is 2.66 bits per heavy atom. The van der Waals surface area contributed by atoms with Gasteiger partial charge in [-0.25, -0.2) is 13.8 Å². The van der Waals surface area contributed by atoms with Gasteiger partial charge in [-0.05, 0) is 57.5 Å². The lowest BCUT2D eigenvalue weighted by atomic mass is 10.2. The van der Waals surface area contributed by atoms with Crippen LogP contribution in [0.5, 0.6) is 5.75 Å². The van der Waals surface area contributed by atoms with Gasteiger partial charge in [0.05, 0.1) is 12.7 Å². The monoisotopic (exact) mass is 592 g/mol. The van der Waals surface area contributed by atoms with Gasteiger partial charge in [-0.2, -0.15) is 10.1 Å². The third kappa shape index (κ3) is 7.78. The van der Waals surface area contributed by atoms with Crippen LogP contribution in [0.15, 0.2) is 45.8 Å². The van der Waals surface area contributed by atoms with E-state index in [0.717, 1.165) is 16.2 Å². The standard InChI is InChI=1S/C21H27BrFN4O6PS/c1-12(2)32-20(28)13(3)26-34(30,33-15-6-4-14(22)5-7-15)31-11-16-10-17(23)19(35-16)27-9-8-18(24)25-21(27)29/h4-9,12-13,16-17,19H,10-11H2,1-3H3,(H,26,30)(H2,24,25,29)/t13-,16-,17-,19+,34?/m0/s1. The van der Waals surface area contributed by atoms with E-state index in [1.54, 1.807) is 38.1 Å². The minimum atomic E-state index is -4.09. The molecule has 1 saturated heterocycles. The number of alkyl halides is 1. The molecule has 2 aromatic rings. The first-order chi connectivity index (χ1) is 16.5. The molecule has 1 aromatic heterocycles. The second-order valence-corrected chi connectivity index (χ2v) is 12.1. The van der Waals surface area contributed by atoms with Crippen LogP contribution in [0.3, 0.4) is 0 Å². The van der Waals surface area contributed by atoms with Gasteiger partial charge in [0.15, 0.2) is 0 Å². The topological polar surface area (TPSA) is 135 Å². The molecule has 35 heavy (non-hydrogen) atoms. The van der Waals surface area contributed by atoms with Gasteiger partial charge >= 0.3 is 19.4 Å². The van der Waals surface area contributed by atoms with E-state index in [2.05, 4.69) is 26.0 Å². The average molecular weight is 593 g/mol. The highest BCUT2D eigenvalue weighted by Crippen LogP contribution is 2.49. The predicted octanol–water partition coefficient (Wildman–Crippen LogP) is 4.06. The number of esters is 1. The normalized spacial score (nSPS) is 22.5. The molecule has 3 N–H and O–H groups in total. The number of nitrogens with one attached hydrogen (secondary N) is 1. The first-order valence-electron chi connectivity index (χ1n) is 10.8. The lowest BCUT2D eigenvalue weighted by Gasteiger charge is -2.24. The van der Waals surface area contributed by atoms with Gasteiger partial charge in [0, 0.05) is 15.9 Å². The molecule has 0 radical (unpaired) electrons. The van der Waals surface area contributed by atoms with Crippen LogP contribution in [0.1, 0.15) is 32.6 Å². The van der Waals surface area contributed by atoms with Gasteiger partial charge in [-0.1, -0.05) is 15.9 Å². The fourth-order valence-electron chi connectivity index (χ4n) is 3.20. The Labute approximate surface area is 214 Å². The molecule has 2 heterocycles. The zero-order valence-electron chi connectivity index (χ0n) is 19.3. The fourth-order valence-corrected chi connectivity index (χ4v) is 6.51. The zero-order valence-corrected chi connectivity index (χ0v) is 22.6. The maximum absolute atomic E-state index is 14.8. The number of anilines is 1. The summed E-state index contributed by atoms with van der Waals surface area (Å²) in [6.45, 7) is 4.71. The summed E-state index contributed by atoms with van der Waals surface area (Å²) in [6.07, 6.45) is -0.283. The van der Waals surface area contributed by atoms with Crippen molar-refractivity contribution in [2.75, 3.05) is 12.3 Å². The molecule has 192 valence electrons. The zero-order chi connectivity index (χ0) is 25.8. The Morgan fingerprint density at radius 1 is 1.34 bits per heavy atom. The largest absolute Gasteiger partial charge is 0.462 e. The smallest absolute Gasteiger partial charge is 0.459 e. The molecule has 0 amide bonds. The summed E-state index contributed by atoms with van der Waals surface area (Å²) in [4.78, 5) is 28.0. The highest BCUT2D eigenvalue weighted by Gasteiger charge is 2.40. The first kappa shape index (κ1) is 27.7. The van der Waals surface area contributed by atoms with E-state index in [-0.39, 0.29) is 30.7 Å². The first-order valence-corrected chi connectivity index (χ1v) is 14.1. The van der Waals surface area contributed by atoms with E-state index in [1.807, 2.05) is 0 Å². The van der Waals surface area contributed by atoms with E-state index >= 15 is 0 Å². The lowest BCUT2D eigenvalue weighted by Crippen LogP contribution is -2.36. The van der Waals surface area contributed by atoms with Crippen LogP contribution in [0.25, 0.3) is 0 Å². The number of rotatable bonds is 10. The number of ether oxygens (including phenoxy) is 1. The maximum Gasteiger partial charge on any atom is 0.459 e. The Balaban J connectivity index is 1.72. The van der Waals surface area contributed by atoms with Crippen molar-refractivity contribution in [3.8, 4) is 5.75 Å². The van der Waals surface area contributed by atoms with E-state index in [9.17, 15) is 18.5 Å². The van der Waals surface area contributed by atoms with Crippen molar-refractivity contribution in [1.82, 2.24) is 14.6 Å². The molecule has 0 spiro atoms. The van der Waals surface area contributed by atoms with Gasteiger partial charge in [0.2, 0.25) is 0 Å². The fraction of sp³-hybridized carbons (Fsp3) is 0.476. The Kier molecular flexibility index (Phi) is 9.39. The summed E-state index contributed by atoms with van der Waals surface area (Å²) in [5.41, 5.74) is 4.85. The van der Waals surface area contributed by atoms with Gasteiger partial charge in [0.25, 0.3) is 0 Å². The molecule has 5 atom stereocenters. The minimum Gasteiger partial charge on any atom is -0.462 e. The van der Waals surface area contributed by atoms with Gasteiger partial charge < -0.3 is 15.0 Å². The van der Waals surface area contributed by atoms with Crippen LogP contribution < -0.4 is 21.0 Å². The van der Waals surface area contributed by atoms with E-state index < -0.39 is 42.2 Å². The summed E-state index contributed by atoms with van der Waals surface area (Å²) in [7, 11) is -4.09. The minimum absolute atomic E-state index is 0.0479. The van der Waals surface area contributed by atoms with Gasteiger partial charge in [0.1, 0.15) is 29.2 Å². The quantitative estimate of drug-likeness (QED) is 0.307. The number of nitrogen functional groups attached to an aromatic ring is 1. The van der Waals surface area contributed by atoms with Crippen LogP contribution in [0, 0.1) is 0 Å². The summed E-state index contributed by atoms with van der Waals surface area (Å²) in [5.74, 6) is -0.336. The van der Waals surface area contributed by atoms with Crippen molar-refractivity contribution in [2.24, 2.45) is 0 Å². The van der Waals surface area contributed by atoms with Crippen LogP contribution in [-0.2, 0) is 18.6 Å². The van der Waals surface area contributed by atoms with E-state index in [4.69, 9.17) is 19.5 Å². The second kappa shape index (κ2) is 11.9.